The van der Waals surface area contributed by atoms with E-state index in [1.54, 1.807) is 0 Å². The molecule has 101 heavy (non-hydrogen) atoms. The molecule has 484 valence electrons. The molecule has 6 aliphatic rings. The Kier molecular flexibility index (Phi) is 12.2. The fraction of sp³-hybridized carbons (Fsp3) is 0.147. The van der Waals surface area contributed by atoms with Crippen molar-refractivity contribution in [3.05, 3.63) is 288 Å². The Labute approximate surface area is 586 Å². The van der Waals surface area contributed by atoms with E-state index < -0.39 is 0 Å². The Morgan fingerprint density at radius 2 is 0.653 bits per heavy atom. The maximum atomic E-state index is 6.50. The van der Waals surface area contributed by atoms with Crippen LogP contribution in [0.1, 0.15) is 89.8 Å². The molecule has 0 radical (unpaired) electrons. The third kappa shape index (κ3) is 7.91. The molecule has 0 fully saturated rings. The predicted molar refractivity (Wildman–Crippen MR) is 418 cm³/mol. The minimum absolute atomic E-state index is 0. The fourth-order valence-corrected chi connectivity index (χ4v) is 19.3. The SMILES string of the molecule is C.C.CC1(C)c2c3c(cc4cc5ccccc5cc24)OC[n+]2cc4c(ccc5ccccc54)c1c2-3.CC1(C)c2c3c(cc4cc5ccccc5cc24)OC[n+]2cc4ccc5ccccc5c4c1c2-3.CC1(C)c2cc3ccc4ccccc4c3[n+]3c2-c2c(cc4cc5ccccc5cc4c21)OC3. The summed E-state index contributed by atoms with van der Waals surface area (Å²) < 4.78 is 26.3. The van der Waals surface area contributed by atoms with Crippen molar-refractivity contribution >= 4 is 129 Å². The quantitative estimate of drug-likeness (QED) is 0.0863. The molecule has 0 amide bonds. The van der Waals surface area contributed by atoms with Gasteiger partial charge in [-0.3, -0.25) is 0 Å². The van der Waals surface area contributed by atoms with E-state index in [2.05, 4.69) is 310 Å². The van der Waals surface area contributed by atoms with E-state index in [-0.39, 0.29) is 31.1 Å². The summed E-state index contributed by atoms with van der Waals surface area (Å²) in [5.74, 6) is 3.04. The lowest BCUT2D eigenvalue weighted by Crippen LogP contribution is -2.43. The zero-order valence-electron chi connectivity index (χ0n) is 55.9. The molecule has 0 spiro atoms. The van der Waals surface area contributed by atoms with E-state index >= 15 is 0 Å². The standard InChI is InChI=1S/3C31H22NO.2CH4/c1-31(2)28-24-14-20-9-4-3-8-19(20)13-21(24)15-26-27(28)30-29(31)23-12-11-18-7-5-6-10-22(18)25(23)16-32(30)17-33-26;1-31(2)28-24-14-20-9-4-3-8-19(20)13-22(24)15-25-27(28)30-29(31)26-21(16-32(30)17-33-25)12-11-18-7-5-6-10-23(18)26;1-31(2)25-15-21-12-11-18-7-5-6-10-23(18)29(21)32-17-33-26-16-22-13-19-8-3-4-9-20(19)14-24(22)28(31)27(26)30(25)32;;/h3*3-16H,17H2,1-2H3;2*1H4/q3*+1;;. The van der Waals surface area contributed by atoms with Crippen LogP contribution >= 0.6 is 0 Å². The summed E-state index contributed by atoms with van der Waals surface area (Å²) in [5, 5.41) is 29.8. The predicted octanol–water partition coefficient (Wildman–Crippen LogP) is 23.0. The largest absolute Gasteiger partial charge is 0.435 e. The van der Waals surface area contributed by atoms with E-state index in [0.717, 1.165) is 17.2 Å². The third-order valence-electron chi connectivity index (χ3n) is 23.6. The molecule has 0 saturated heterocycles. The van der Waals surface area contributed by atoms with Crippen LogP contribution in [0.15, 0.2) is 255 Å². The number of hydrogen-bond donors (Lipinski definition) is 0. The molecule has 0 unspecified atom stereocenters. The molecule has 0 saturated carbocycles. The van der Waals surface area contributed by atoms with Gasteiger partial charge in [0.1, 0.15) is 17.2 Å². The Morgan fingerprint density at radius 1 is 0.267 bits per heavy atom. The van der Waals surface area contributed by atoms with Crippen LogP contribution in [0.25, 0.3) is 163 Å². The van der Waals surface area contributed by atoms with Gasteiger partial charge in [-0.2, -0.15) is 13.7 Å². The topological polar surface area (TPSA) is 39.3 Å². The summed E-state index contributed by atoms with van der Waals surface area (Å²) in [6, 6.07) is 89.0. The van der Waals surface area contributed by atoms with Gasteiger partial charge in [-0.15, -0.1) is 0 Å². The maximum absolute atomic E-state index is 6.50. The number of rotatable bonds is 0. The van der Waals surface area contributed by atoms with E-state index in [4.69, 9.17) is 14.2 Å². The third-order valence-corrected chi connectivity index (χ3v) is 23.6. The van der Waals surface area contributed by atoms with Crippen LogP contribution in [-0.4, -0.2) is 0 Å². The summed E-state index contributed by atoms with van der Waals surface area (Å²) >= 11 is 0. The van der Waals surface area contributed by atoms with Crippen molar-refractivity contribution < 1.29 is 27.9 Å². The van der Waals surface area contributed by atoms with Crippen molar-refractivity contribution in [3.8, 4) is 51.0 Å². The van der Waals surface area contributed by atoms with Crippen molar-refractivity contribution in [2.24, 2.45) is 0 Å². The highest BCUT2D eigenvalue weighted by molar-refractivity contribution is 6.16. The van der Waals surface area contributed by atoms with E-state index in [1.165, 1.54) is 197 Å². The fourth-order valence-electron chi connectivity index (χ4n) is 19.3. The molecular formula is C95H74N3O3+3. The lowest BCUT2D eigenvalue weighted by atomic mass is 9.78. The molecular weight excluding hydrogens is 1230 g/mol. The van der Waals surface area contributed by atoms with Crippen molar-refractivity contribution in [1.82, 2.24) is 0 Å². The minimum Gasteiger partial charge on any atom is -0.435 e. The molecule has 3 aliphatic heterocycles. The second-order valence-corrected chi connectivity index (χ2v) is 30.0. The Balaban J connectivity index is 0.000000101. The number of aromatic nitrogens is 3. The second-order valence-electron chi connectivity index (χ2n) is 30.0. The average molecular weight is 1310 g/mol. The summed E-state index contributed by atoms with van der Waals surface area (Å²) in [6.45, 7) is 15.9. The van der Waals surface area contributed by atoms with Gasteiger partial charge in [0.2, 0.25) is 22.6 Å². The van der Waals surface area contributed by atoms with Crippen LogP contribution in [0.4, 0.5) is 0 Å². The Morgan fingerprint density at radius 3 is 1.20 bits per heavy atom. The number of hydrogen-bond acceptors (Lipinski definition) is 3. The summed E-state index contributed by atoms with van der Waals surface area (Å²) in [5.41, 5.74) is 17.1. The molecule has 15 aromatic carbocycles. The molecule has 0 atom stereocenters. The molecule has 6 heterocycles. The smallest absolute Gasteiger partial charge is 0.293 e. The Bertz CT molecular complexity index is 6780. The van der Waals surface area contributed by atoms with Crippen LogP contribution in [0.3, 0.4) is 0 Å². The van der Waals surface area contributed by atoms with Gasteiger partial charge in [-0.1, -0.05) is 220 Å². The molecule has 0 bridgehead atoms. The first-order chi connectivity index (χ1) is 48.3. The van der Waals surface area contributed by atoms with Crippen molar-refractivity contribution in [1.29, 1.82) is 0 Å². The second kappa shape index (κ2) is 20.7. The maximum Gasteiger partial charge on any atom is 0.293 e. The summed E-state index contributed by atoms with van der Waals surface area (Å²) in [4.78, 5) is 0. The molecule has 6 nitrogen and oxygen atoms in total. The normalized spacial score (nSPS) is 15.0. The van der Waals surface area contributed by atoms with Crippen LogP contribution in [0.5, 0.6) is 17.2 Å². The molecule has 18 aromatic rings. The number of ether oxygens (including phenoxy) is 3. The number of benzene rings is 15. The molecule has 0 N–H and O–H groups in total. The van der Waals surface area contributed by atoms with E-state index in [9.17, 15) is 0 Å². The van der Waals surface area contributed by atoms with Gasteiger partial charge < -0.3 is 14.2 Å². The first-order valence-corrected chi connectivity index (χ1v) is 34.9. The van der Waals surface area contributed by atoms with Gasteiger partial charge in [-0.05, 0) is 193 Å². The summed E-state index contributed by atoms with van der Waals surface area (Å²) in [6.07, 6.45) is 4.58. The number of fused-ring (bicyclic) bond motifs is 21. The zero-order chi connectivity index (χ0) is 65.7. The average Bonchev–Trinajstić information content (AvgIpc) is 1.56. The Hall–Kier alpha value is -11.7. The van der Waals surface area contributed by atoms with Gasteiger partial charge in [0, 0.05) is 49.1 Å². The first kappa shape index (κ1) is 59.3. The number of nitrogens with zero attached hydrogens (tertiary/aromatic N) is 3. The monoisotopic (exact) mass is 1300 g/mol. The van der Waals surface area contributed by atoms with Gasteiger partial charge >= 0.3 is 0 Å². The molecule has 3 aromatic heterocycles. The lowest BCUT2D eigenvalue weighted by Gasteiger charge is -2.24. The molecule has 24 rings (SSSR count). The molecule has 6 heteroatoms. The van der Waals surface area contributed by atoms with Gasteiger partial charge in [-0.25, -0.2) is 0 Å². The van der Waals surface area contributed by atoms with Crippen molar-refractivity contribution in [3.63, 3.8) is 0 Å². The highest BCUT2D eigenvalue weighted by Crippen LogP contribution is 2.61. The van der Waals surface area contributed by atoms with Crippen LogP contribution in [0.2, 0.25) is 0 Å². The van der Waals surface area contributed by atoms with Gasteiger partial charge in [0.15, 0.2) is 12.4 Å². The van der Waals surface area contributed by atoms with E-state index in [1.807, 2.05) is 0 Å². The van der Waals surface area contributed by atoms with Crippen LogP contribution in [-0.2, 0) is 36.4 Å². The lowest BCUT2D eigenvalue weighted by molar-refractivity contribution is -0.716. The highest BCUT2D eigenvalue weighted by Gasteiger charge is 2.51. The van der Waals surface area contributed by atoms with Gasteiger partial charge in [0.05, 0.1) is 27.5 Å². The van der Waals surface area contributed by atoms with Crippen molar-refractivity contribution in [2.75, 3.05) is 0 Å². The minimum atomic E-state index is -0.152. The number of pyridine rings is 3. The van der Waals surface area contributed by atoms with Crippen LogP contribution in [0, 0.1) is 0 Å². The van der Waals surface area contributed by atoms with Gasteiger partial charge in [0.25, 0.3) is 20.2 Å². The van der Waals surface area contributed by atoms with E-state index in [0.29, 0.717) is 20.2 Å². The summed E-state index contributed by atoms with van der Waals surface area (Å²) in [7, 11) is 0. The first-order valence-electron chi connectivity index (χ1n) is 34.9. The van der Waals surface area contributed by atoms with Crippen LogP contribution < -0.4 is 27.9 Å². The molecule has 3 aliphatic carbocycles. The highest BCUT2D eigenvalue weighted by atomic mass is 16.5. The zero-order valence-corrected chi connectivity index (χ0v) is 55.9. The van der Waals surface area contributed by atoms with Crippen molar-refractivity contribution in [2.45, 2.75) is 92.8 Å².